The lowest BCUT2D eigenvalue weighted by Gasteiger charge is -2.26. The normalized spacial score (nSPS) is 23.6. The molecule has 6 nitrogen and oxygen atoms in total. The molecule has 3 aliphatic heterocycles. The predicted octanol–water partition coefficient (Wildman–Crippen LogP) is 3.53. The Kier molecular flexibility index (Phi) is 4.59. The number of hydrogen-bond acceptors (Lipinski definition) is 4. The van der Waals surface area contributed by atoms with E-state index in [0.717, 1.165) is 41.7 Å². The van der Waals surface area contributed by atoms with Crippen LogP contribution in [0.25, 0.3) is 5.57 Å². The van der Waals surface area contributed by atoms with Crippen LogP contribution in [0.5, 0.6) is 0 Å². The molecule has 0 saturated heterocycles. The molecular weight excluding hydrogens is 376 g/mol. The quantitative estimate of drug-likeness (QED) is 0.720. The monoisotopic (exact) mass is 402 g/mol. The average Bonchev–Trinajstić information content (AvgIpc) is 3.37. The Morgan fingerprint density at radius 2 is 1.97 bits per heavy atom. The highest BCUT2D eigenvalue weighted by atomic mass is 16.2. The van der Waals surface area contributed by atoms with E-state index in [2.05, 4.69) is 29.0 Å². The van der Waals surface area contributed by atoms with Gasteiger partial charge in [0.25, 0.3) is 0 Å². The number of ketones is 1. The average molecular weight is 402 g/mol. The Hall–Kier alpha value is -3.12. The van der Waals surface area contributed by atoms with Crippen molar-refractivity contribution >= 4 is 23.1 Å². The standard InChI is InChI=1S/C24H26N4O2/c1-24(8-9-24)22(29)21-12-17(7-11-26-21)16-2-4-20(5-3-16)27-23(30)28-14-18-6-10-25-13-19(18)15-28/h2-7,10,13-14,21,25-26H,8-9,11-12,15H2,1H3,(H,27,30). The van der Waals surface area contributed by atoms with Crippen LogP contribution in [0.3, 0.4) is 0 Å². The van der Waals surface area contributed by atoms with E-state index in [1.54, 1.807) is 4.90 Å². The maximum absolute atomic E-state index is 12.7. The highest BCUT2D eigenvalue weighted by Gasteiger charge is 2.47. The Morgan fingerprint density at radius 3 is 2.70 bits per heavy atom. The zero-order valence-electron chi connectivity index (χ0n) is 17.1. The first-order valence-corrected chi connectivity index (χ1v) is 10.5. The number of benzene rings is 1. The SMILES string of the molecule is CC1(C(=O)C2CC(c3ccc(NC(=O)N4C=C5C=CNC=C5C4)cc3)=CCN2)CC1. The smallest absolute Gasteiger partial charge is 0.326 e. The number of nitrogens with one attached hydrogen (secondary N) is 3. The number of carbonyl (C=O) groups is 2. The van der Waals surface area contributed by atoms with Crippen molar-refractivity contribution in [3.8, 4) is 0 Å². The first-order valence-electron chi connectivity index (χ1n) is 10.5. The zero-order valence-corrected chi connectivity index (χ0v) is 17.1. The summed E-state index contributed by atoms with van der Waals surface area (Å²) in [5.41, 5.74) is 5.09. The van der Waals surface area contributed by atoms with Crippen molar-refractivity contribution in [1.29, 1.82) is 0 Å². The first kappa shape index (κ1) is 18.9. The Balaban J connectivity index is 1.22. The van der Waals surface area contributed by atoms with Crippen LogP contribution in [-0.4, -0.2) is 35.8 Å². The molecule has 0 bridgehead atoms. The summed E-state index contributed by atoms with van der Waals surface area (Å²) in [6.07, 6.45) is 12.5. The van der Waals surface area contributed by atoms with E-state index >= 15 is 0 Å². The first-order chi connectivity index (χ1) is 14.5. The van der Waals surface area contributed by atoms with E-state index < -0.39 is 0 Å². The second-order valence-electron chi connectivity index (χ2n) is 8.71. The summed E-state index contributed by atoms with van der Waals surface area (Å²) in [5.74, 6) is 0.345. The van der Waals surface area contributed by atoms with Crippen LogP contribution in [0.1, 0.15) is 31.7 Å². The van der Waals surface area contributed by atoms with Gasteiger partial charge < -0.3 is 16.0 Å². The molecule has 1 aromatic rings. The van der Waals surface area contributed by atoms with Crippen LogP contribution in [0.2, 0.25) is 0 Å². The number of fused-ring (bicyclic) bond motifs is 1. The van der Waals surface area contributed by atoms with E-state index in [0.29, 0.717) is 18.9 Å². The number of urea groups is 1. The van der Waals surface area contributed by atoms with Gasteiger partial charge in [-0.15, -0.1) is 0 Å². The van der Waals surface area contributed by atoms with Crippen LogP contribution in [0, 0.1) is 5.41 Å². The second kappa shape index (κ2) is 7.29. The molecule has 1 saturated carbocycles. The van der Waals surface area contributed by atoms with Crippen molar-refractivity contribution in [3.05, 3.63) is 71.7 Å². The van der Waals surface area contributed by atoms with Crippen molar-refractivity contribution in [3.63, 3.8) is 0 Å². The molecule has 5 rings (SSSR count). The number of anilines is 1. The number of dihydropyridines is 1. The molecule has 154 valence electrons. The minimum absolute atomic E-state index is 0.0959. The molecule has 0 spiro atoms. The summed E-state index contributed by atoms with van der Waals surface area (Å²) in [4.78, 5) is 27.0. The third-order valence-corrected chi connectivity index (χ3v) is 6.44. The number of carbonyl (C=O) groups excluding carboxylic acids is 2. The molecule has 1 unspecified atom stereocenters. The predicted molar refractivity (Wildman–Crippen MR) is 117 cm³/mol. The third kappa shape index (κ3) is 3.59. The molecule has 30 heavy (non-hydrogen) atoms. The van der Waals surface area contributed by atoms with Gasteiger partial charge in [0.15, 0.2) is 5.78 Å². The largest absolute Gasteiger partial charge is 0.367 e. The molecule has 2 amide bonds. The minimum atomic E-state index is -0.150. The van der Waals surface area contributed by atoms with Crippen molar-refractivity contribution in [2.45, 2.75) is 32.2 Å². The molecule has 1 atom stereocenters. The summed E-state index contributed by atoms with van der Waals surface area (Å²) < 4.78 is 0. The van der Waals surface area contributed by atoms with Crippen LogP contribution in [0.15, 0.2) is 66.2 Å². The molecule has 3 N–H and O–H groups in total. The zero-order chi connectivity index (χ0) is 20.7. The van der Waals surface area contributed by atoms with Crippen LogP contribution in [-0.2, 0) is 4.79 Å². The van der Waals surface area contributed by atoms with E-state index in [-0.39, 0.29) is 17.5 Å². The van der Waals surface area contributed by atoms with Gasteiger partial charge >= 0.3 is 6.03 Å². The van der Waals surface area contributed by atoms with Gasteiger partial charge in [-0.3, -0.25) is 9.69 Å². The van der Waals surface area contributed by atoms with Crippen molar-refractivity contribution < 1.29 is 9.59 Å². The Morgan fingerprint density at radius 1 is 1.17 bits per heavy atom. The summed E-state index contributed by atoms with van der Waals surface area (Å²) in [7, 11) is 0. The van der Waals surface area contributed by atoms with Gasteiger partial charge in [-0.05, 0) is 59.8 Å². The number of rotatable bonds is 4. The fourth-order valence-electron chi connectivity index (χ4n) is 4.21. The number of amides is 2. The van der Waals surface area contributed by atoms with Crippen molar-refractivity contribution in [2.24, 2.45) is 5.41 Å². The molecular formula is C24H26N4O2. The van der Waals surface area contributed by atoms with Gasteiger partial charge in [-0.2, -0.15) is 0 Å². The maximum Gasteiger partial charge on any atom is 0.326 e. The number of Topliss-reactive ketones (excluding diaryl/α,β-unsaturated/α-hetero) is 1. The van der Waals surface area contributed by atoms with Crippen LogP contribution >= 0.6 is 0 Å². The molecule has 1 aromatic carbocycles. The minimum Gasteiger partial charge on any atom is -0.367 e. The van der Waals surface area contributed by atoms with Gasteiger partial charge in [-0.25, -0.2) is 4.79 Å². The fraction of sp³-hybridized carbons (Fsp3) is 0.333. The lowest BCUT2D eigenvalue weighted by atomic mass is 9.88. The molecule has 4 aliphatic rings. The highest BCUT2D eigenvalue weighted by molar-refractivity contribution is 5.94. The lowest BCUT2D eigenvalue weighted by Crippen LogP contribution is -2.42. The molecule has 1 fully saturated rings. The number of hydrogen-bond donors (Lipinski definition) is 3. The van der Waals surface area contributed by atoms with Crippen LogP contribution < -0.4 is 16.0 Å². The topological polar surface area (TPSA) is 73.5 Å². The van der Waals surface area contributed by atoms with Gasteiger partial charge in [-0.1, -0.05) is 25.1 Å². The Bertz CT molecular complexity index is 1010. The fourth-order valence-corrected chi connectivity index (χ4v) is 4.21. The van der Waals surface area contributed by atoms with Gasteiger partial charge in [0.1, 0.15) is 0 Å². The van der Waals surface area contributed by atoms with E-state index in [4.69, 9.17) is 0 Å². The summed E-state index contributed by atoms with van der Waals surface area (Å²) >= 11 is 0. The molecule has 3 heterocycles. The van der Waals surface area contributed by atoms with E-state index in [1.807, 2.05) is 48.9 Å². The van der Waals surface area contributed by atoms with Gasteiger partial charge in [0, 0.05) is 36.2 Å². The third-order valence-electron chi connectivity index (χ3n) is 6.44. The molecule has 1 aliphatic carbocycles. The number of allylic oxidation sites excluding steroid dienone is 1. The summed E-state index contributed by atoms with van der Waals surface area (Å²) in [6, 6.07) is 7.64. The number of nitrogens with zero attached hydrogens (tertiary/aromatic N) is 1. The van der Waals surface area contributed by atoms with Crippen molar-refractivity contribution in [2.75, 3.05) is 18.4 Å². The van der Waals surface area contributed by atoms with E-state index in [1.165, 1.54) is 5.57 Å². The maximum atomic E-state index is 12.7. The molecule has 0 aromatic heterocycles. The summed E-state index contributed by atoms with van der Waals surface area (Å²) in [6.45, 7) is 3.34. The highest BCUT2D eigenvalue weighted by Crippen LogP contribution is 2.47. The molecule has 6 heteroatoms. The molecule has 0 radical (unpaired) electrons. The van der Waals surface area contributed by atoms with Crippen molar-refractivity contribution in [1.82, 2.24) is 15.5 Å². The van der Waals surface area contributed by atoms with Crippen LogP contribution in [0.4, 0.5) is 10.5 Å². The van der Waals surface area contributed by atoms with Gasteiger partial charge in [0.05, 0.1) is 12.6 Å². The van der Waals surface area contributed by atoms with Gasteiger partial charge in [0.2, 0.25) is 0 Å². The Labute approximate surface area is 176 Å². The summed E-state index contributed by atoms with van der Waals surface area (Å²) in [5, 5.41) is 9.36. The lowest BCUT2D eigenvalue weighted by molar-refractivity contribution is -0.125. The second-order valence-corrected chi connectivity index (χ2v) is 8.71. The van der Waals surface area contributed by atoms with E-state index in [9.17, 15) is 9.59 Å².